The second-order valence-corrected chi connectivity index (χ2v) is 7.30. The van der Waals surface area contributed by atoms with Crippen LogP contribution in [0.1, 0.15) is 45.6 Å². The zero-order chi connectivity index (χ0) is 19.3. The SMILES string of the molecule is CC(C)(C)OC(=O)NCC1CCCCN1c1ccc(C#N)cc1[N+](=O)[O-]. The van der Waals surface area contributed by atoms with Gasteiger partial charge in [0.25, 0.3) is 5.69 Å². The van der Waals surface area contributed by atoms with Gasteiger partial charge >= 0.3 is 6.09 Å². The van der Waals surface area contributed by atoms with E-state index in [1.54, 1.807) is 32.9 Å². The summed E-state index contributed by atoms with van der Waals surface area (Å²) in [6.45, 7) is 6.37. The van der Waals surface area contributed by atoms with E-state index in [2.05, 4.69) is 5.32 Å². The lowest BCUT2D eigenvalue weighted by Gasteiger charge is -2.37. The molecule has 1 amide bonds. The van der Waals surface area contributed by atoms with Gasteiger partial charge in [0.1, 0.15) is 11.3 Å². The van der Waals surface area contributed by atoms with Crippen molar-refractivity contribution in [2.24, 2.45) is 0 Å². The number of anilines is 1. The minimum absolute atomic E-state index is 0.0668. The number of carbonyl (C=O) groups is 1. The van der Waals surface area contributed by atoms with E-state index in [9.17, 15) is 14.9 Å². The lowest BCUT2D eigenvalue weighted by molar-refractivity contribution is -0.384. The number of piperidine rings is 1. The third-order valence-corrected chi connectivity index (χ3v) is 4.12. The molecular formula is C18H24N4O4. The van der Waals surface area contributed by atoms with Crippen LogP contribution in [-0.2, 0) is 4.74 Å². The average molecular weight is 360 g/mol. The third kappa shape index (κ3) is 5.09. The minimum atomic E-state index is -0.581. The summed E-state index contributed by atoms with van der Waals surface area (Å²) in [6, 6.07) is 6.35. The fraction of sp³-hybridized carbons (Fsp3) is 0.556. The van der Waals surface area contributed by atoms with Crippen molar-refractivity contribution in [1.82, 2.24) is 5.32 Å². The second-order valence-electron chi connectivity index (χ2n) is 7.30. The molecule has 1 atom stereocenters. The zero-order valence-electron chi connectivity index (χ0n) is 15.3. The van der Waals surface area contributed by atoms with Gasteiger partial charge in [0.05, 0.1) is 16.6 Å². The summed E-state index contributed by atoms with van der Waals surface area (Å²) in [5.41, 5.74) is 0.0567. The molecule has 1 aliphatic heterocycles. The molecular weight excluding hydrogens is 336 g/mol. The zero-order valence-corrected chi connectivity index (χ0v) is 15.3. The van der Waals surface area contributed by atoms with E-state index >= 15 is 0 Å². The molecule has 140 valence electrons. The topological polar surface area (TPSA) is 108 Å². The summed E-state index contributed by atoms with van der Waals surface area (Å²) in [4.78, 5) is 24.8. The number of alkyl carbamates (subject to hydrolysis) is 1. The minimum Gasteiger partial charge on any atom is -0.444 e. The van der Waals surface area contributed by atoms with Crippen molar-refractivity contribution >= 4 is 17.5 Å². The number of rotatable bonds is 4. The predicted octanol–water partition coefficient (Wildman–Crippen LogP) is 3.35. The highest BCUT2D eigenvalue weighted by atomic mass is 16.6. The molecule has 0 aliphatic carbocycles. The number of carbonyl (C=O) groups excluding carboxylic acids is 1. The fourth-order valence-electron chi connectivity index (χ4n) is 3.03. The van der Waals surface area contributed by atoms with Gasteiger partial charge in [-0.1, -0.05) is 0 Å². The first-order chi connectivity index (χ1) is 12.2. The number of hydrogen-bond donors (Lipinski definition) is 1. The Bertz CT molecular complexity index is 721. The Morgan fingerprint density at radius 1 is 1.46 bits per heavy atom. The second kappa shape index (κ2) is 8.04. The van der Waals surface area contributed by atoms with Crippen LogP contribution in [0.4, 0.5) is 16.2 Å². The number of nitro groups is 1. The number of amides is 1. The van der Waals surface area contributed by atoms with Gasteiger partial charge in [-0.3, -0.25) is 10.1 Å². The highest BCUT2D eigenvalue weighted by Gasteiger charge is 2.29. The van der Waals surface area contributed by atoms with E-state index in [0.29, 0.717) is 18.8 Å². The summed E-state index contributed by atoms with van der Waals surface area (Å²) in [5.74, 6) is 0. The monoisotopic (exact) mass is 360 g/mol. The van der Waals surface area contributed by atoms with Crippen LogP contribution in [0.2, 0.25) is 0 Å². The van der Waals surface area contributed by atoms with Gasteiger partial charge in [0, 0.05) is 25.2 Å². The summed E-state index contributed by atoms with van der Waals surface area (Å²) in [6.07, 6.45) is 2.21. The highest BCUT2D eigenvalue weighted by Crippen LogP contribution is 2.33. The van der Waals surface area contributed by atoms with Crippen molar-refractivity contribution in [2.75, 3.05) is 18.0 Å². The maximum Gasteiger partial charge on any atom is 0.407 e. The molecule has 1 unspecified atom stereocenters. The molecule has 0 radical (unpaired) electrons. The smallest absolute Gasteiger partial charge is 0.407 e. The lowest BCUT2D eigenvalue weighted by atomic mass is 10.00. The van der Waals surface area contributed by atoms with Crippen molar-refractivity contribution in [3.63, 3.8) is 0 Å². The number of nitrogens with zero attached hydrogens (tertiary/aromatic N) is 3. The van der Waals surface area contributed by atoms with Gasteiger partial charge in [0.2, 0.25) is 0 Å². The van der Waals surface area contributed by atoms with Crippen LogP contribution in [0.5, 0.6) is 0 Å². The molecule has 2 rings (SSSR count). The Labute approximate surface area is 152 Å². The Kier molecular flexibility index (Phi) is 6.03. The van der Waals surface area contributed by atoms with Crippen LogP contribution in [0.25, 0.3) is 0 Å². The number of nitriles is 1. The van der Waals surface area contributed by atoms with Gasteiger partial charge in [-0.05, 0) is 52.2 Å². The quantitative estimate of drug-likeness (QED) is 0.651. The van der Waals surface area contributed by atoms with Crippen LogP contribution < -0.4 is 10.2 Å². The number of nitro benzene ring substituents is 1. The van der Waals surface area contributed by atoms with Gasteiger partial charge in [0.15, 0.2) is 0 Å². The molecule has 8 heteroatoms. The molecule has 1 aliphatic rings. The van der Waals surface area contributed by atoms with Gasteiger partial charge in [-0.2, -0.15) is 5.26 Å². The molecule has 1 aromatic carbocycles. The van der Waals surface area contributed by atoms with Crippen LogP contribution in [0, 0.1) is 21.4 Å². The molecule has 8 nitrogen and oxygen atoms in total. The van der Waals surface area contributed by atoms with E-state index in [-0.39, 0.29) is 17.3 Å². The van der Waals surface area contributed by atoms with Crippen LogP contribution in [0.3, 0.4) is 0 Å². The van der Waals surface area contributed by atoms with Crippen molar-refractivity contribution in [3.8, 4) is 6.07 Å². The van der Waals surface area contributed by atoms with E-state index in [0.717, 1.165) is 19.3 Å². The van der Waals surface area contributed by atoms with Gasteiger partial charge in [-0.15, -0.1) is 0 Å². The largest absolute Gasteiger partial charge is 0.444 e. The maximum absolute atomic E-state index is 11.9. The first-order valence-corrected chi connectivity index (χ1v) is 8.63. The number of ether oxygens (including phenoxy) is 1. The van der Waals surface area contributed by atoms with E-state index < -0.39 is 16.6 Å². The first kappa shape index (κ1) is 19.5. The fourth-order valence-corrected chi connectivity index (χ4v) is 3.03. The molecule has 0 bridgehead atoms. The number of hydrogen-bond acceptors (Lipinski definition) is 6. The Morgan fingerprint density at radius 3 is 2.81 bits per heavy atom. The summed E-state index contributed by atoms with van der Waals surface area (Å²) >= 11 is 0. The van der Waals surface area contributed by atoms with Crippen molar-refractivity contribution in [3.05, 3.63) is 33.9 Å². The van der Waals surface area contributed by atoms with Crippen molar-refractivity contribution in [1.29, 1.82) is 5.26 Å². The lowest BCUT2D eigenvalue weighted by Crippen LogP contribution is -2.47. The number of benzene rings is 1. The Balaban J connectivity index is 2.17. The molecule has 1 heterocycles. The maximum atomic E-state index is 11.9. The summed E-state index contributed by atoms with van der Waals surface area (Å²) < 4.78 is 5.25. The Hall–Kier alpha value is -2.82. The third-order valence-electron chi connectivity index (χ3n) is 4.12. The Morgan fingerprint density at radius 2 is 2.19 bits per heavy atom. The molecule has 26 heavy (non-hydrogen) atoms. The molecule has 1 aromatic rings. The summed E-state index contributed by atoms with van der Waals surface area (Å²) in [5, 5.41) is 23.2. The van der Waals surface area contributed by atoms with E-state index in [1.165, 1.54) is 6.07 Å². The molecule has 0 spiro atoms. The van der Waals surface area contributed by atoms with Crippen molar-refractivity contribution < 1.29 is 14.5 Å². The van der Waals surface area contributed by atoms with Crippen LogP contribution >= 0.6 is 0 Å². The van der Waals surface area contributed by atoms with Crippen LogP contribution in [-0.4, -0.2) is 35.7 Å². The van der Waals surface area contributed by atoms with Gasteiger partial charge in [-0.25, -0.2) is 4.79 Å². The molecule has 1 fully saturated rings. The first-order valence-electron chi connectivity index (χ1n) is 8.63. The average Bonchev–Trinajstić information content (AvgIpc) is 2.58. The predicted molar refractivity (Wildman–Crippen MR) is 97.0 cm³/mol. The molecule has 0 saturated carbocycles. The number of nitrogens with one attached hydrogen (secondary N) is 1. The van der Waals surface area contributed by atoms with E-state index in [1.807, 2.05) is 11.0 Å². The van der Waals surface area contributed by atoms with Crippen molar-refractivity contribution in [2.45, 2.75) is 51.7 Å². The highest BCUT2D eigenvalue weighted by molar-refractivity contribution is 5.69. The standard InChI is InChI=1S/C18H24N4O4/c1-18(2,3)26-17(23)20-12-14-6-4-5-9-21(14)15-8-7-13(11-19)10-16(15)22(24)25/h7-8,10,14H,4-6,9,12H2,1-3H3,(H,20,23). The summed E-state index contributed by atoms with van der Waals surface area (Å²) in [7, 11) is 0. The molecule has 1 N–H and O–H groups in total. The van der Waals surface area contributed by atoms with E-state index in [4.69, 9.17) is 10.00 Å². The van der Waals surface area contributed by atoms with Gasteiger partial charge < -0.3 is 15.0 Å². The molecule has 1 saturated heterocycles. The normalized spacial score (nSPS) is 17.3. The molecule has 0 aromatic heterocycles. The van der Waals surface area contributed by atoms with Crippen LogP contribution in [0.15, 0.2) is 18.2 Å².